The molecule has 0 bridgehead atoms. The Balaban J connectivity index is 2.07. The Morgan fingerprint density at radius 1 is 1.44 bits per heavy atom. The van der Waals surface area contributed by atoms with Crippen LogP contribution in [0.4, 0.5) is 0 Å². The maximum Gasteiger partial charge on any atom is 0.138 e. The van der Waals surface area contributed by atoms with Crippen LogP contribution in [0.15, 0.2) is 24.4 Å². The van der Waals surface area contributed by atoms with Crippen molar-refractivity contribution in [3.05, 3.63) is 35.7 Å². The molecule has 94 valence electrons. The average Bonchev–Trinajstić information content (AvgIpc) is 2.81. The van der Waals surface area contributed by atoms with Crippen LogP contribution in [0.1, 0.15) is 18.2 Å². The van der Waals surface area contributed by atoms with E-state index in [1.165, 1.54) is 11.1 Å². The zero-order valence-electron chi connectivity index (χ0n) is 10.4. The molecule has 4 heteroatoms. The van der Waals surface area contributed by atoms with Crippen molar-refractivity contribution in [2.24, 2.45) is 5.92 Å². The molecule has 4 nitrogen and oxygen atoms in total. The number of aromatic amines is 1. The topological polar surface area (TPSA) is 60.9 Å². The molecule has 0 aliphatic carbocycles. The van der Waals surface area contributed by atoms with Gasteiger partial charge in [0.25, 0.3) is 0 Å². The maximum atomic E-state index is 9.09. The molecule has 0 saturated heterocycles. The third-order valence-corrected chi connectivity index (χ3v) is 3.37. The molecule has 3 heterocycles. The van der Waals surface area contributed by atoms with E-state index in [0.717, 1.165) is 24.1 Å². The van der Waals surface area contributed by atoms with Gasteiger partial charge in [0.05, 0.1) is 12.3 Å². The second-order valence-corrected chi connectivity index (χ2v) is 4.86. The van der Waals surface area contributed by atoms with Gasteiger partial charge in [0.1, 0.15) is 5.65 Å². The minimum absolute atomic E-state index is 0.0222. The largest absolute Gasteiger partial charge is 0.390 e. The Morgan fingerprint density at radius 3 is 3.11 bits per heavy atom. The van der Waals surface area contributed by atoms with Crippen LogP contribution < -0.4 is 5.32 Å². The lowest BCUT2D eigenvalue weighted by atomic mass is 9.97. The van der Waals surface area contributed by atoms with Crippen LogP contribution in [0, 0.1) is 5.92 Å². The highest BCUT2D eigenvalue weighted by Gasteiger charge is 2.14. The third kappa shape index (κ3) is 1.94. The van der Waals surface area contributed by atoms with Crippen LogP contribution in [0.2, 0.25) is 0 Å². The van der Waals surface area contributed by atoms with E-state index >= 15 is 0 Å². The van der Waals surface area contributed by atoms with E-state index in [2.05, 4.69) is 28.3 Å². The van der Waals surface area contributed by atoms with Crippen molar-refractivity contribution in [3.63, 3.8) is 0 Å². The predicted octanol–water partition coefficient (Wildman–Crippen LogP) is 1.68. The molecule has 1 unspecified atom stereocenters. The molecular formula is C14H17N3O. The van der Waals surface area contributed by atoms with Crippen molar-refractivity contribution in [1.29, 1.82) is 0 Å². The minimum Gasteiger partial charge on any atom is -0.390 e. The summed E-state index contributed by atoms with van der Waals surface area (Å²) in [4.78, 5) is 7.56. The second-order valence-electron chi connectivity index (χ2n) is 4.86. The van der Waals surface area contributed by atoms with E-state index in [1.807, 2.05) is 18.3 Å². The Labute approximate surface area is 106 Å². The van der Waals surface area contributed by atoms with Crippen LogP contribution in [-0.4, -0.2) is 28.2 Å². The maximum absolute atomic E-state index is 9.09. The standard InChI is InChI=1S/C14H17N3O/c1-9-4-10(6-15-5-9)13-7-16-14-12(13)3-2-11(8-18)17-14/h2-4,7,9,15,18H,5-6,8H2,1H3,(H,16,17). The minimum atomic E-state index is -0.0222. The highest BCUT2D eigenvalue weighted by molar-refractivity contribution is 5.91. The van der Waals surface area contributed by atoms with Gasteiger partial charge in [0.15, 0.2) is 0 Å². The highest BCUT2D eigenvalue weighted by Crippen LogP contribution is 2.26. The molecule has 3 N–H and O–H groups in total. The SMILES string of the molecule is CC1C=C(c2c[nH]c3nc(CO)ccc23)CNC1. The van der Waals surface area contributed by atoms with Gasteiger partial charge in [0.2, 0.25) is 0 Å². The first-order chi connectivity index (χ1) is 8.78. The van der Waals surface area contributed by atoms with E-state index in [1.54, 1.807) is 0 Å². The number of pyridine rings is 1. The van der Waals surface area contributed by atoms with Gasteiger partial charge in [0, 0.05) is 30.2 Å². The Morgan fingerprint density at radius 2 is 2.33 bits per heavy atom. The molecule has 1 aliphatic rings. The summed E-state index contributed by atoms with van der Waals surface area (Å²) in [5.74, 6) is 0.559. The second kappa shape index (κ2) is 4.55. The van der Waals surface area contributed by atoms with E-state index in [-0.39, 0.29) is 6.61 Å². The zero-order valence-corrected chi connectivity index (χ0v) is 10.4. The molecule has 0 saturated carbocycles. The summed E-state index contributed by atoms with van der Waals surface area (Å²) >= 11 is 0. The first-order valence-corrected chi connectivity index (χ1v) is 6.27. The van der Waals surface area contributed by atoms with Crippen molar-refractivity contribution in [2.45, 2.75) is 13.5 Å². The lowest BCUT2D eigenvalue weighted by Gasteiger charge is -2.18. The van der Waals surface area contributed by atoms with E-state index in [0.29, 0.717) is 11.6 Å². The number of aromatic nitrogens is 2. The van der Waals surface area contributed by atoms with Gasteiger partial charge in [-0.2, -0.15) is 0 Å². The Hall–Kier alpha value is -1.65. The Kier molecular flexibility index (Phi) is 2.89. The molecule has 0 radical (unpaired) electrons. The number of hydrogen-bond donors (Lipinski definition) is 3. The van der Waals surface area contributed by atoms with Crippen molar-refractivity contribution in [1.82, 2.24) is 15.3 Å². The predicted molar refractivity (Wildman–Crippen MR) is 72.0 cm³/mol. The van der Waals surface area contributed by atoms with Gasteiger partial charge in [-0.1, -0.05) is 13.0 Å². The number of aliphatic hydroxyl groups is 1. The van der Waals surface area contributed by atoms with Gasteiger partial charge in [-0.15, -0.1) is 0 Å². The third-order valence-electron chi connectivity index (χ3n) is 3.37. The van der Waals surface area contributed by atoms with Crippen LogP contribution in [0.25, 0.3) is 16.6 Å². The molecule has 2 aromatic rings. The molecule has 1 aliphatic heterocycles. The molecular weight excluding hydrogens is 226 g/mol. The van der Waals surface area contributed by atoms with Crippen molar-refractivity contribution < 1.29 is 5.11 Å². The summed E-state index contributed by atoms with van der Waals surface area (Å²) in [7, 11) is 0. The molecule has 0 spiro atoms. The highest BCUT2D eigenvalue weighted by atomic mass is 16.3. The molecule has 0 aromatic carbocycles. The molecule has 0 fully saturated rings. The summed E-state index contributed by atoms with van der Waals surface area (Å²) < 4.78 is 0. The number of rotatable bonds is 2. The summed E-state index contributed by atoms with van der Waals surface area (Å²) in [5.41, 5.74) is 4.07. The van der Waals surface area contributed by atoms with Gasteiger partial charge in [-0.3, -0.25) is 0 Å². The van der Waals surface area contributed by atoms with E-state index in [4.69, 9.17) is 5.11 Å². The van der Waals surface area contributed by atoms with Gasteiger partial charge in [-0.05, 0) is 23.6 Å². The first-order valence-electron chi connectivity index (χ1n) is 6.27. The van der Waals surface area contributed by atoms with Crippen molar-refractivity contribution >= 4 is 16.6 Å². The number of nitrogens with zero attached hydrogens (tertiary/aromatic N) is 1. The van der Waals surface area contributed by atoms with Crippen LogP contribution in [-0.2, 0) is 6.61 Å². The van der Waals surface area contributed by atoms with Gasteiger partial charge in [-0.25, -0.2) is 4.98 Å². The fourth-order valence-electron chi connectivity index (χ4n) is 2.48. The lowest BCUT2D eigenvalue weighted by molar-refractivity contribution is 0.277. The normalized spacial score (nSPS) is 20.1. The number of nitrogens with one attached hydrogen (secondary N) is 2. The fourth-order valence-corrected chi connectivity index (χ4v) is 2.48. The van der Waals surface area contributed by atoms with Crippen LogP contribution >= 0.6 is 0 Å². The summed E-state index contributed by atoms with van der Waals surface area (Å²) in [6, 6.07) is 3.90. The first kappa shape index (κ1) is 11.4. The molecule has 1 atom stereocenters. The van der Waals surface area contributed by atoms with E-state index < -0.39 is 0 Å². The average molecular weight is 243 g/mol. The van der Waals surface area contributed by atoms with Crippen LogP contribution in [0.3, 0.4) is 0 Å². The molecule has 0 amide bonds. The fraction of sp³-hybridized carbons (Fsp3) is 0.357. The van der Waals surface area contributed by atoms with Crippen molar-refractivity contribution in [3.8, 4) is 0 Å². The molecule has 3 rings (SSSR count). The number of H-pyrrole nitrogens is 1. The number of fused-ring (bicyclic) bond motifs is 1. The lowest BCUT2D eigenvalue weighted by Crippen LogP contribution is -2.26. The van der Waals surface area contributed by atoms with Gasteiger partial charge < -0.3 is 15.4 Å². The number of hydrogen-bond acceptors (Lipinski definition) is 3. The van der Waals surface area contributed by atoms with E-state index in [9.17, 15) is 0 Å². The Bertz CT molecular complexity index is 600. The summed E-state index contributed by atoms with van der Waals surface area (Å²) in [6.07, 6.45) is 4.32. The summed E-state index contributed by atoms with van der Waals surface area (Å²) in [6.45, 7) is 4.13. The van der Waals surface area contributed by atoms with Gasteiger partial charge >= 0.3 is 0 Å². The zero-order chi connectivity index (χ0) is 12.5. The molecule has 2 aromatic heterocycles. The smallest absolute Gasteiger partial charge is 0.138 e. The quantitative estimate of drug-likeness (QED) is 0.752. The van der Waals surface area contributed by atoms with Crippen molar-refractivity contribution in [2.75, 3.05) is 13.1 Å². The molecule has 18 heavy (non-hydrogen) atoms. The number of aliphatic hydroxyl groups excluding tert-OH is 1. The monoisotopic (exact) mass is 243 g/mol. The summed E-state index contributed by atoms with van der Waals surface area (Å²) in [5, 5.41) is 13.6. The van der Waals surface area contributed by atoms with Crippen LogP contribution in [0.5, 0.6) is 0 Å².